The van der Waals surface area contributed by atoms with E-state index in [1.807, 2.05) is 111 Å². The Morgan fingerprint density at radius 1 is 0.317 bits per heavy atom. The maximum absolute atomic E-state index is 12.8. The van der Waals surface area contributed by atoms with Gasteiger partial charge >= 0.3 is 23.9 Å². The summed E-state index contributed by atoms with van der Waals surface area (Å²) in [6.45, 7) is 6.55. The fourth-order valence-electron chi connectivity index (χ4n) is 10.6. The van der Waals surface area contributed by atoms with E-state index >= 15 is 0 Å². The highest BCUT2D eigenvalue weighted by Crippen LogP contribution is 2.28. The molecular formula is C85H80N4O12. The summed E-state index contributed by atoms with van der Waals surface area (Å²) in [5, 5.41) is 36.9. The number of phenols is 1. The van der Waals surface area contributed by atoms with Crippen molar-refractivity contribution in [3.05, 3.63) is 350 Å². The molecule has 0 fully saturated rings. The minimum Gasteiger partial charge on any atom is -0.507 e. The number of carboxylic acid groups (broad SMARTS) is 2. The van der Waals surface area contributed by atoms with Crippen molar-refractivity contribution in [2.45, 2.75) is 79.1 Å². The van der Waals surface area contributed by atoms with Gasteiger partial charge in [-0.25, -0.2) is 9.59 Å². The van der Waals surface area contributed by atoms with Crippen LogP contribution in [0, 0.1) is 13.8 Å². The second-order valence-corrected chi connectivity index (χ2v) is 23.7. The molecule has 8 N–H and O–H groups in total. The Bertz CT molecular complexity index is 4640. The molecular weight excluding hydrogens is 1270 g/mol. The van der Waals surface area contributed by atoms with Gasteiger partial charge in [-0.05, 0) is 194 Å². The van der Waals surface area contributed by atoms with Crippen molar-refractivity contribution < 1.29 is 58.4 Å². The zero-order valence-corrected chi connectivity index (χ0v) is 56.7. The Morgan fingerprint density at radius 2 is 0.604 bits per heavy atom. The number of aryl methyl sites for hydroxylation is 10. The quantitative estimate of drug-likeness (QED) is 0.0189. The summed E-state index contributed by atoms with van der Waals surface area (Å²) in [7, 11) is 0. The van der Waals surface area contributed by atoms with Crippen LogP contribution in [0.2, 0.25) is 0 Å². The topological polar surface area (TPSA) is 261 Å². The van der Waals surface area contributed by atoms with E-state index < -0.39 is 35.7 Å². The second kappa shape index (κ2) is 37.7. The number of ether oxygens (including phenoxy) is 2. The first-order chi connectivity index (χ1) is 48.8. The van der Waals surface area contributed by atoms with Gasteiger partial charge in [0, 0.05) is 25.2 Å². The number of benzene rings is 11. The average molecular weight is 1350 g/mol. The van der Waals surface area contributed by atoms with Crippen LogP contribution in [0.5, 0.6) is 17.2 Å². The number of hydrogen-bond donors (Lipinski definition) is 7. The number of carbonyl (C=O) groups is 7. The molecule has 0 saturated heterocycles. The molecule has 0 saturated carbocycles. The molecule has 11 aromatic carbocycles. The molecule has 16 heteroatoms. The van der Waals surface area contributed by atoms with E-state index in [9.17, 15) is 48.9 Å². The van der Waals surface area contributed by atoms with Crippen LogP contribution in [0.15, 0.2) is 267 Å². The molecule has 512 valence electrons. The minimum absolute atomic E-state index is 0.00207. The van der Waals surface area contributed by atoms with Crippen molar-refractivity contribution in [1.82, 2.24) is 0 Å². The predicted molar refractivity (Wildman–Crippen MR) is 396 cm³/mol. The van der Waals surface area contributed by atoms with Crippen LogP contribution in [0.4, 0.5) is 22.7 Å². The lowest BCUT2D eigenvalue weighted by atomic mass is 10.0. The molecule has 0 bridgehead atoms. The van der Waals surface area contributed by atoms with Crippen LogP contribution in [0.25, 0.3) is 0 Å². The van der Waals surface area contributed by atoms with Gasteiger partial charge in [0.15, 0.2) is 0 Å². The number of anilines is 4. The van der Waals surface area contributed by atoms with Crippen molar-refractivity contribution in [3.63, 3.8) is 0 Å². The van der Waals surface area contributed by atoms with Gasteiger partial charge in [-0.2, -0.15) is 0 Å². The number of phenolic OH excluding ortho intramolecular Hbond substituents is 1. The Hall–Kier alpha value is -12.7. The summed E-state index contributed by atoms with van der Waals surface area (Å²) in [6.07, 6.45) is 6.94. The molecule has 0 unspecified atom stereocenters. The van der Waals surface area contributed by atoms with Crippen molar-refractivity contribution in [3.8, 4) is 17.2 Å². The molecule has 11 rings (SSSR count). The monoisotopic (exact) mass is 1350 g/mol. The van der Waals surface area contributed by atoms with E-state index in [-0.39, 0.29) is 56.8 Å². The van der Waals surface area contributed by atoms with Gasteiger partial charge in [0.1, 0.15) is 17.2 Å². The van der Waals surface area contributed by atoms with Gasteiger partial charge in [-0.15, -0.1) is 0 Å². The van der Waals surface area contributed by atoms with E-state index in [1.165, 1.54) is 78.1 Å². The zero-order valence-electron chi connectivity index (χ0n) is 56.7. The molecule has 0 radical (unpaired) electrons. The standard InChI is InChI=1S/C24H21NO5.C24H23NO3.C22H19NO4.C15H17N/c1-16(26)30-22-10-6-5-9-20(22)23(27)25-21-15-18(13-14-19(21)24(28)29)12-11-17-7-3-2-4-8-17;1-17-12-13-20(15-14-19-8-4-3-5-9-19)16-22(17)25-24(27)21-10-6-7-11-23(21)28-18(2)26;24-20-9-5-4-8-18(20)21(25)23-19-14-16(12-13-17(19)22(26)27)11-10-15-6-2-1-3-7-15;1-12-7-8-14(11-15(12)16)10-9-13-5-3-2-4-6-13/h2-10,13-15H,11-12H2,1H3,(H,25,27)(H,28,29);3-13,16H,14-15H2,1-2H3,(H,25,27);1-9,12-14,24H,10-11H2,(H,23,25)(H,26,27);2-8,11H,9-10,16H2,1H3. The van der Waals surface area contributed by atoms with Crippen molar-refractivity contribution >= 4 is 64.3 Å². The summed E-state index contributed by atoms with van der Waals surface area (Å²) in [5.74, 6) is -4.50. The van der Waals surface area contributed by atoms with Crippen molar-refractivity contribution in [1.29, 1.82) is 0 Å². The Labute approximate surface area is 588 Å². The van der Waals surface area contributed by atoms with Gasteiger partial charge < -0.3 is 46.5 Å². The second-order valence-electron chi connectivity index (χ2n) is 23.7. The number of nitrogens with two attached hydrogens (primary N) is 1. The molecule has 11 aromatic rings. The number of hydrogen-bond acceptors (Lipinski definition) is 11. The average Bonchev–Trinajstić information content (AvgIpc) is 0.840. The van der Waals surface area contributed by atoms with Crippen LogP contribution >= 0.6 is 0 Å². The molecule has 0 aromatic heterocycles. The smallest absolute Gasteiger partial charge is 0.337 e. The number of carbonyl (C=O) groups excluding carboxylic acids is 5. The highest BCUT2D eigenvalue weighted by atomic mass is 16.5. The summed E-state index contributed by atoms with van der Waals surface area (Å²) < 4.78 is 10.2. The van der Waals surface area contributed by atoms with E-state index in [4.69, 9.17) is 15.2 Å². The lowest BCUT2D eigenvalue weighted by molar-refractivity contribution is -0.132. The Balaban J connectivity index is 0.000000174. The number of para-hydroxylation sites is 3. The first kappa shape index (κ1) is 74.1. The SMILES string of the molecule is CC(=O)Oc1ccccc1C(=O)Nc1cc(CCc2ccccc2)ccc1C.CC(=O)Oc1ccccc1C(=O)Nc1cc(CCc2ccccc2)ccc1C(=O)O.Cc1ccc(CCc2ccccc2)cc1N.O=C(Nc1cc(CCc2ccccc2)ccc1C(=O)O)c1ccccc1O. The lowest BCUT2D eigenvalue weighted by Crippen LogP contribution is -2.17. The van der Waals surface area contributed by atoms with E-state index in [0.717, 1.165) is 77.7 Å². The van der Waals surface area contributed by atoms with Crippen LogP contribution in [-0.4, -0.2) is 56.9 Å². The third-order valence-corrected chi connectivity index (χ3v) is 16.1. The number of aromatic hydroxyl groups is 1. The largest absolute Gasteiger partial charge is 0.507 e. The summed E-state index contributed by atoms with van der Waals surface area (Å²) in [6, 6.07) is 82.1. The number of aromatic carboxylic acids is 2. The van der Waals surface area contributed by atoms with Crippen molar-refractivity contribution in [2.75, 3.05) is 21.7 Å². The highest BCUT2D eigenvalue weighted by Gasteiger charge is 2.21. The predicted octanol–water partition coefficient (Wildman–Crippen LogP) is 16.8. The van der Waals surface area contributed by atoms with Gasteiger partial charge in [0.25, 0.3) is 17.7 Å². The third-order valence-electron chi connectivity index (χ3n) is 16.1. The lowest BCUT2D eigenvalue weighted by Gasteiger charge is -2.13. The normalized spacial score (nSPS) is 10.3. The minimum atomic E-state index is -1.15. The number of amides is 3. The highest BCUT2D eigenvalue weighted by molar-refractivity contribution is 6.10. The molecule has 16 nitrogen and oxygen atoms in total. The first-order valence-corrected chi connectivity index (χ1v) is 32.9. The van der Waals surface area contributed by atoms with Gasteiger partial charge in [0.05, 0.1) is 39.2 Å². The number of nitrogens with one attached hydrogen (secondary N) is 3. The molecule has 0 aliphatic heterocycles. The fraction of sp³-hybridized carbons (Fsp3) is 0.141. The van der Waals surface area contributed by atoms with Gasteiger partial charge in [0.2, 0.25) is 0 Å². The van der Waals surface area contributed by atoms with Crippen LogP contribution in [-0.2, 0) is 61.0 Å². The molecule has 0 spiro atoms. The fourth-order valence-corrected chi connectivity index (χ4v) is 10.6. The van der Waals surface area contributed by atoms with Crippen molar-refractivity contribution in [2.24, 2.45) is 0 Å². The third kappa shape index (κ3) is 23.5. The number of carboxylic acids is 2. The van der Waals surface area contributed by atoms with Crippen LogP contribution in [0.3, 0.4) is 0 Å². The number of rotatable bonds is 22. The van der Waals surface area contributed by atoms with Gasteiger partial charge in [-0.1, -0.05) is 194 Å². The summed E-state index contributed by atoms with van der Waals surface area (Å²) in [5.41, 5.74) is 19.9. The molecule has 0 aliphatic rings. The van der Waals surface area contributed by atoms with Crippen LogP contribution < -0.4 is 31.2 Å². The molecule has 3 amide bonds. The molecule has 0 atom stereocenters. The first-order valence-electron chi connectivity index (χ1n) is 32.9. The Morgan fingerprint density at radius 3 is 0.960 bits per heavy atom. The Kier molecular flexibility index (Phi) is 27.7. The molecule has 0 aliphatic carbocycles. The van der Waals surface area contributed by atoms with Gasteiger partial charge in [-0.3, -0.25) is 24.0 Å². The maximum Gasteiger partial charge on any atom is 0.337 e. The number of nitrogen functional groups attached to an aromatic ring is 1. The molecule has 101 heavy (non-hydrogen) atoms. The summed E-state index contributed by atoms with van der Waals surface area (Å²) in [4.78, 5) is 83.7. The maximum atomic E-state index is 12.8. The summed E-state index contributed by atoms with van der Waals surface area (Å²) >= 11 is 0. The van der Waals surface area contributed by atoms with E-state index in [2.05, 4.69) is 76.6 Å². The zero-order chi connectivity index (χ0) is 72.0. The molecule has 0 heterocycles. The van der Waals surface area contributed by atoms with Crippen LogP contribution in [0.1, 0.15) is 121 Å². The number of esters is 2. The van der Waals surface area contributed by atoms with E-state index in [1.54, 1.807) is 72.8 Å². The van der Waals surface area contributed by atoms with E-state index in [0.29, 0.717) is 18.4 Å².